The van der Waals surface area contributed by atoms with Crippen LogP contribution in [0.4, 0.5) is 5.88 Å². The second kappa shape index (κ2) is 8.66. The Morgan fingerprint density at radius 2 is 2.22 bits per heavy atom. The second-order valence-electron chi connectivity index (χ2n) is 7.07. The van der Waals surface area contributed by atoms with E-state index in [1.54, 1.807) is 6.07 Å². The largest absolute Gasteiger partial charge is 0.338 e. The third kappa shape index (κ3) is 5.79. The lowest BCUT2D eigenvalue weighted by Crippen LogP contribution is -2.44. The van der Waals surface area contributed by atoms with E-state index in [0.29, 0.717) is 25.0 Å². The van der Waals surface area contributed by atoms with Crippen molar-refractivity contribution >= 4 is 24.2 Å². The smallest absolute Gasteiger partial charge is 0.240 e. The van der Waals surface area contributed by atoms with Crippen LogP contribution in [0, 0.1) is 0 Å². The van der Waals surface area contributed by atoms with E-state index in [4.69, 9.17) is 10.3 Å². The van der Waals surface area contributed by atoms with Crippen LogP contribution < -0.4 is 11.1 Å². The Morgan fingerprint density at radius 1 is 1.48 bits per heavy atom. The van der Waals surface area contributed by atoms with Crippen LogP contribution in [-0.2, 0) is 10.2 Å². The molecule has 2 heterocycles. The number of anilines is 1. The highest BCUT2D eigenvalue weighted by atomic mass is 35.5. The molecule has 2 rings (SSSR count). The monoisotopic (exact) mass is 344 g/mol. The quantitative estimate of drug-likeness (QED) is 0.857. The Labute approximate surface area is 144 Å². The average molecular weight is 345 g/mol. The van der Waals surface area contributed by atoms with Gasteiger partial charge in [-0.15, -0.1) is 12.4 Å². The number of aromatic nitrogens is 1. The summed E-state index contributed by atoms with van der Waals surface area (Å²) >= 11 is 0. The van der Waals surface area contributed by atoms with Gasteiger partial charge < -0.3 is 10.3 Å². The molecule has 3 N–H and O–H groups in total. The Kier molecular flexibility index (Phi) is 7.51. The molecule has 7 heteroatoms. The van der Waals surface area contributed by atoms with Crippen LogP contribution in [-0.4, -0.2) is 41.6 Å². The van der Waals surface area contributed by atoms with Gasteiger partial charge in [-0.05, 0) is 32.4 Å². The molecule has 0 aliphatic carbocycles. The number of nitrogens with two attached hydrogens (primary N) is 1. The molecule has 0 saturated carbocycles. The topological polar surface area (TPSA) is 84.4 Å². The molecule has 1 aliphatic rings. The highest BCUT2D eigenvalue weighted by Gasteiger charge is 2.24. The molecule has 0 bridgehead atoms. The van der Waals surface area contributed by atoms with Gasteiger partial charge in [0, 0.05) is 17.5 Å². The second-order valence-corrected chi connectivity index (χ2v) is 7.07. The van der Waals surface area contributed by atoms with Gasteiger partial charge >= 0.3 is 0 Å². The Balaban J connectivity index is 0.00000264. The van der Waals surface area contributed by atoms with E-state index >= 15 is 0 Å². The summed E-state index contributed by atoms with van der Waals surface area (Å²) in [7, 11) is 0. The van der Waals surface area contributed by atoms with E-state index in [1.165, 1.54) is 6.42 Å². The van der Waals surface area contributed by atoms with Gasteiger partial charge in [0.2, 0.25) is 11.8 Å². The lowest BCUT2D eigenvalue weighted by atomic mass is 9.92. The first-order valence-corrected chi connectivity index (χ1v) is 8.11. The van der Waals surface area contributed by atoms with Gasteiger partial charge in [0.25, 0.3) is 0 Å². The first-order valence-electron chi connectivity index (χ1n) is 8.11. The van der Waals surface area contributed by atoms with Crippen molar-refractivity contribution in [3.8, 4) is 0 Å². The summed E-state index contributed by atoms with van der Waals surface area (Å²) in [6, 6.07) is 2.22. The summed E-state index contributed by atoms with van der Waals surface area (Å²) in [5.74, 6) is 0.364. The molecule has 1 aromatic heterocycles. The van der Waals surface area contributed by atoms with Crippen molar-refractivity contribution < 1.29 is 9.32 Å². The molecule has 6 nitrogen and oxygen atoms in total. The summed E-state index contributed by atoms with van der Waals surface area (Å²) in [4.78, 5) is 14.4. The van der Waals surface area contributed by atoms with Gasteiger partial charge in [-0.25, -0.2) is 0 Å². The highest BCUT2D eigenvalue weighted by Crippen LogP contribution is 2.24. The number of carbonyl (C=O) groups excluding carboxylic acids is 1. The maximum Gasteiger partial charge on any atom is 0.240 e. The molecular formula is C16H29ClN4O2. The SMILES string of the molecule is CC(C)(C)c1cc(NC(=O)CN2CCCCC2CCN)on1.Cl. The molecule has 1 amide bonds. The fourth-order valence-electron chi connectivity index (χ4n) is 2.84. The van der Waals surface area contributed by atoms with E-state index in [2.05, 4.69) is 36.1 Å². The summed E-state index contributed by atoms with van der Waals surface area (Å²) in [6.07, 6.45) is 4.44. The number of hydrogen-bond donors (Lipinski definition) is 2. The minimum atomic E-state index is -0.0917. The standard InChI is InChI=1S/C16H28N4O2.ClH/c1-16(2,3)13-10-15(22-19-13)18-14(21)11-20-9-5-4-6-12(20)7-8-17;/h10,12H,4-9,11,17H2,1-3H3,(H,18,21);1H. The van der Waals surface area contributed by atoms with Crippen molar-refractivity contribution in [1.82, 2.24) is 10.1 Å². The van der Waals surface area contributed by atoms with Crippen LogP contribution in [0.5, 0.6) is 0 Å². The lowest BCUT2D eigenvalue weighted by Gasteiger charge is -2.34. The van der Waals surface area contributed by atoms with Crippen molar-refractivity contribution in [2.75, 3.05) is 25.0 Å². The molecule has 1 saturated heterocycles. The number of nitrogens with one attached hydrogen (secondary N) is 1. The van der Waals surface area contributed by atoms with Crippen LogP contribution in [0.15, 0.2) is 10.6 Å². The molecule has 1 unspecified atom stereocenters. The summed E-state index contributed by atoms with van der Waals surface area (Å²) < 4.78 is 5.20. The molecule has 23 heavy (non-hydrogen) atoms. The molecule has 1 aromatic rings. The molecule has 1 aliphatic heterocycles. The zero-order chi connectivity index (χ0) is 16.2. The Morgan fingerprint density at radius 3 is 2.83 bits per heavy atom. The third-order valence-electron chi connectivity index (χ3n) is 4.14. The van der Waals surface area contributed by atoms with Crippen molar-refractivity contribution in [3.05, 3.63) is 11.8 Å². The van der Waals surface area contributed by atoms with E-state index in [1.807, 2.05) is 0 Å². The third-order valence-corrected chi connectivity index (χ3v) is 4.14. The van der Waals surface area contributed by atoms with Gasteiger partial charge in [0.15, 0.2) is 0 Å². The lowest BCUT2D eigenvalue weighted by molar-refractivity contribution is -0.118. The number of hydrogen-bond acceptors (Lipinski definition) is 5. The van der Waals surface area contributed by atoms with Crippen LogP contribution in [0.25, 0.3) is 0 Å². The van der Waals surface area contributed by atoms with E-state index < -0.39 is 0 Å². The maximum atomic E-state index is 12.2. The minimum absolute atomic E-state index is 0. The molecular weight excluding hydrogens is 316 g/mol. The summed E-state index contributed by atoms with van der Waals surface area (Å²) in [5, 5.41) is 6.82. The fourth-order valence-corrected chi connectivity index (χ4v) is 2.84. The Bertz CT molecular complexity index is 497. The normalized spacial score (nSPS) is 19.2. The zero-order valence-electron chi connectivity index (χ0n) is 14.3. The van der Waals surface area contributed by atoms with Crippen LogP contribution in [0.1, 0.15) is 52.1 Å². The van der Waals surface area contributed by atoms with E-state index in [-0.39, 0.29) is 23.7 Å². The molecule has 0 radical (unpaired) electrons. The van der Waals surface area contributed by atoms with Crippen molar-refractivity contribution in [2.45, 2.75) is 57.9 Å². The van der Waals surface area contributed by atoms with Gasteiger partial charge in [0.1, 0.15) is 0 Å². The van der Waals surface area contributed by atoms with Gasteiger partial charge in [-0.1, -0.05) is 32.3 Å². The number of piperidine rings is 1. The minimum Gasteiger partial charge on any atom is -0.338 e. The van der Waals surface area contributed by atoms with Crippen LogP contribution in [0.2, 0.25) is 0 Å². The molecule has 132 valence electrons. The first-order chi connectivity index (χ1) is 10.4. The molecule has 0 spiro atoms. The number of nitrogens with zero attached hydrogens (tertiary/aromatic N) is 2. The summed E-state index contributed by atoms with van der Waals surface area (Å²) in [6.45, 7) is 8.18. The van der Waals surface area contributed by atoms with E-state index in [9.17, 15) is 4.79 Å². The highest BCUT2D eigenvalue weighted by molar-refractivity contribution is 5.91. The number of halogens is 1. The van der Waals surface area contributed by atoms with Crippen molar-refractivity contribution in [2.24, 2.45) is 5.73 Å². The van der Waals surface area contributed by atoms with Gasteiger partial charge in [0.05, 0.1) is 12.2 Å². The van der Waals surface area contributed by atoms with Crippen LogP contribution >= 0.6 is 12.4 Å². The number of rotatable bonds is 5. The number of carbonyl (C=O) groups is 1. The zero-order valence-corrected chi connectivity index (χ0v) is 15.1. The summed E-state index contributed by atoms with van der Waals surface area (Å²) in [5.41, 5.74) is 6.41. The number of likely N-dealkylation sites (tertiary alicyclic amines) is 1. The predicted molar refractivity (Wildman–Crippen MR) is 94.0 cm³/mol. The number of amides is 1. The van der Waals surface area contributed by atoms with Gasteiger partial charge in [-0.2, -0.15) is 0 Å². The molecule has 1 fully saturated rings. The van der Waals surface area contributed by atoms with Crippen molar-refractivity contribution in [1.29, 1.82) is 0 Å². The maximum absolute atomic E-state index is 12.2. The Hall–Kier alpha value is -1.11. The first kappa shape index (κ1) is 19.9. The predicted octanol–water partition coefficient (Wildman–Crippen LogP) is 2.54. The molecule has 1 atom stereocenters. The van der Waals surface area contributed by atoms with Crippen LogP contribution in [0.3, 0.4) is 0 Å². The van der Waals surface area contributed by atoms with E-state index in [0.717, 1.165) is 31.5 Å². The average Bonchev–Trinajstić information content (AvgIpc) is 2.89. The molecule has 0 aromatic carbocycles. The van der Waals surface area contributed by atoms with Crippen molar-refractivity contribution in [3.63, 3.8) is 0 Å². The fraction of sp³-hybridized carbons (Fsp3) is 0.750. The van der Waals surface area contributed by atoms with Gasteiger partial charge in [-0.3, -0.25) is 15.0 Å².